The van der Waals surface area contributed by atoms with E-state index in [1.807, 2.05) is 0 Å². The SMILES string of the molecule is CC(=O)c1ccc(NN=NCC#N)c([N+](=O)[O-])c1. The molecule has 18 heavy (non-hydrogen) atoms. The standard InChI is InChI=1S/C10H9N5O3/c1-7(16)8-2-3-9(10(6-8)15(17)18)13-14-12-5-4-11/h2-3,6H,5H2,1H3,(H,12,13). The van der Waals surface area contributed by atoms with E-state index in [-0.39, 0.29) is 29.3 Å². The molecule has 0 aliphatic rings. The Morgan fingerprint density at radius 2 is 2.33 bits per heavy atom. The summed E-state index contributed by atoms with van der Waals surface area (Å²) in [6, 6.07) is 5.70. The Balaban J connectivity index is 3.01. The lowest BCUT2D eigenvalue weighted by Crippen LogP contribution is -1.99. The summed E-state index contributed by atoms with van der Waals surface area (Å²) in [5.74, 6) is -0.268. The zero-order valence-electron chi connectivity index (χ0n) is 9.45. The van der Waals surface area contributed by atoms with Gasteiger partial charge in [-0.15, -0.1) is 0 Å². The summed E-state index contributed by atoms with van der Waals surface area (Å²) in [4.78, 5) is 21.3. The maximum Gasteiger partial charge on any atom is 0.294 e. The highest BCUT2D eigenvalue weighted by Crippen LogP contribution is 2.25. The lowest BCUT2D eigenvalue weighted by Gasteiger charge is -2.02. The van der Waals surface area contributed by atoms with Crippen LogP contribution in [0.5, 0.6) is 0 Å². The van der Waals surface area contributed by atoms with Gasteiger partial charge in [0.05, 0.1) is 11.0 Å². The number of ketones is 1. The van der Waals surface area contributed by atoms with Crippen LogP contribution in [0.3, 0.4) is 0 Å². The van der Waals surface area contributed by atoms with Gasteiger partial charge in [0.25, 0.3) is 5.69 Å². The molecule has 0 unspecified atom stereocenters. The van der Waals surface area contributed by atoms with Gasteiger partial charge in [0.2, 0.25) is 0 Å². The monoisotopic (exact) mass is 247 g/mol. The molecule has 8 heteroatoms. The zero-order chi connectivity index (χ0) is 13.5. The highest BCUT2D eigenvalue weighted by Gasteiger charge is 2.15. The van der Waals surface area contributed by atoms with E-state index in [9.17, 15) is 14.9 Å². The van der Waals surface area contributed by atoms with Crippen LogP contribution in [0.4, 0.5) is 11.4 Å². The maximum atomic E-state index is 11.1. The first-order valence-electron chi connectivity index (χ1n) is 4.85. The summed E-state index contributed by atoms with van der Waals surface area (Å²) < 4.78 is 0. The molecule has 0 radical (unpaired) electrons. The molecule has 92 valence electrons. The van der Waals surface area contributed by atoms with Crippen LogP contribution in [0, 0.1) is 21.4 Å². The molecule has 0 fully saturated rings. The van der Waals surface area contributed by atoms with Gasteiger partial charge in [0.1, 0.15) is 12.2 Å². The van der Waals surface area contributed by atoms with Gasteiger partial charge < -0.3 is 0 Å². The molecule has 0 heterocycles. The van der Waals surface area contributed by atoms with Crippen molar-refractivity contribution in [1.82, 2.24) is 0 Å². The normalized spacial score (nSPS) is 10.0. The van der Waals surface area contributed by atoms with Crippen molar-refractivity contribution in [2.45, 2.75) is 6.92 Å². The van der Waals surface area contributed by atoms with Crippen molar-refractivity contribution in [2.75, 3.05) is 12.0 Å². The highest BCUT2D eigenvalue weighted by atomic mass is 16.6. The Kier molecular flexibility index (Phi) is 4.45. The van der Waals surface area contributed by atoms with Crippen LogP contribution >= 0.6 is 0 Å². The van der Waals surface area contributed by atoms with Gasteiger partial charge in [-0.25, -0.2) is 0 Å². The number of rotatable bonds is 5. The van der Waals surface area contributed by atoms with E-state index in [0.29, 0.717) is 0 Å². The number of carbonyl (C=O) groups excluding carboxylic acids is 1. The smallest absolute Gasteiger partial charge is 0.294 e. The van der Waals surface area contributed by atoms with Crippen molar-refractivity contribution in [3.8, 4) is 6.07 Å². The van der Waals surface area contributed by atoms with E-state index < -0.39 is 4.92 Å². The molecular formula is C10H9N5O3. The first-order valence-corrected chi connectivity index (χ1v) is 4.85. The Hall–Kier alpha value is -2.82. The molecule has 0 spiro atoms. The Morgan fingerprint density at radius 1 is 1.61 bits per heavy atom. The van der Waals surface area contributed by atoms with Gasteiger partial charge in [0, 0.05) is 11.6 Å². The predicted molar refractivity (Wildman–Crippen MR) is 62.1 cm³/mol. The van der Waals surface area contributed by atoms with Crippen molar-refractivity contribution in [2.24, 2.45) is 10.3 Å². The Morgan fingerprint density at radius 3 is 2.89 bits per heavy atom. The van der Waals surface area contributed by atoms with Crippen LogP contribution in [-0.4, -0.2) is 17.3 Å². The summed E-state index contributed by atoms with van der Waals surface area (Å²) >= 11 is 0. The summed E-state index contributed by atoms with van der Waals surface area (Å²) in [6.45, 7) is 1.17. The third-order valence-corrected chi connectivity index (χ3v) is 1.98. The number of nitriles is 1. The van der Waals surface area contributed by atoms with Crippen LogP contribution in [-0.2, 0) is 0 Å². The summed E-state index contributed by atoms with van der Waals surface area (Å²) in [7, 11) is 0. The second kappa shape index (κ2) is 6.05. The van der Waals surface area contributed by atoms with Gasteiger partial charge in [-0.1, -0.05) is 5.22 Å². The number of carbonyl (C=O) groups is 1. The van der Waals surface area contributed by atoms with Crippen LogP contribution in [0.1, 0.15) is 17.3 Å². The lowest BCUT2D eigenvalue weighted by molar-refractivity contribution is -0.384. The fraction of sp³-hybridized carbons (Fsp3) is 0.200. The molecule has 1 rings (SSSR count). The molecular weight excluding hydrogens is 238 g/mol. The molecule has 1 N–H and O–H groups in total. The topological polar surface area (TPSA) is 121 Å². The van der Waals surface area contributed by atoms with Gasteiger partial charge in [-0.05, 0) is 19.1 Å². The second-order valence-corrected chi connectivity index (χ2v) is 3.21. The van der Waals surface area contributed by atoms with Crippen molar-refractivity contribution >= 4 is 17.2 Å². The van der Waals surface area contributed by atoms with Crippen molar-refractivity contribution in [3.63, 3.8) is 0 Å². The molecule has 0 bridgehead atoms. The summed E-state index contributed by atoms with van der Waals surface area (Å²) in [6.07, 6.45) is 0. The summed E-state index contributed by atoms with van der Waals surface area (Å²) in [5.41, 5.74) is 2.41. The number of anilines is 1. The van der Waals surface area contributed by atoms with Crippen LogP contribution in [0.2, 0.25) is 0 Å². The molecule has 8 nitrogen and oxygen atoms in total. The fourth-order valence-corrected chi connectivity index (χ4v) is 1.15. The number of Topliss-reactive ketones (excluding diaryl/α,β-unsaturated/α-hetero) is 1. The average Bonchev–Trinajstić information content (AvgIpc) is 2.34. The number of nitro benzene ring substituents is 1. The molecule has 0 saturated carbocycles. The average molecular weight is 247 g/mol. The minimum absolute atomic E-state index is 0.103. The molecule has 1 aromatic rings. The largest absolute Gasteiger partial charge is 0.295 e. The predicted octanol–water partition coefficient (Wildman–Crippen LogP) is 2.10. The highest BCUT2D eigenvalue weighted by molar-refractivity contribution is 5.95. The van der Waals surface area contributed by atoms with E-state index >= 15 is 0 Å². The van der Waals surface area contributed by atoms with E-state index in [1.54, 1.807) is 6.07 Å². The van der Waals surface area contributed by atoms with E-state index in [2.05, 4.69) is 15.8 Å². The summed E-state index contributed by atoms with van der Waals surface area (Å²) in [5, 5.41) is 25.9. The van der Waals surface area contributed by atoms with Crippen molar-refractivity contribution < 1.29 is 9.72 Å². The zero-order valence-corrected chi connectivity index (χ0v) is 9.45. The minimum Gasteiger partial charge on any atom is -0.295 e. The number of nitrogens with zero attached hydrogens (tertiary/aromatic N) is 4. The van der Waals surface area contributed by atoms with E-state index in [4.69, 9.17) is 5.26 Å². The molecule has 0 amide bonds. The Bertz CT molecular complexity index is 547. The van der Waals surface area contributed by atoms with E-state index in [0.717, 1.165) is 6.07 Å². The quantitative estimate of drug-likeness (QED) is 0.281. The van der Waals surface area contributed by atoms with Gasteiger partial charge >= 0.3 is 0 Å². The number of benzene rings is 1. The van der Waals surface area contributed by atoms with Gasteiger partial charge in [-0.2, -0.15) is 10.4 Å². The van der Waals surface area contributed by atoms with Crippen LogP contribution in [0.25, 0.3) is 0 Å². The third-order valence-electron chi connectivity index (χ3n) is 1.98. The van der Waals surface area contributed by atoms with Gasteiger partial charge in [0.15, 0.2) is 5.78 Å². The molecule has 1 aromatic carbocycles. The number of hydrogen-bond acceptors (Lipinski definition) is 6. The van der Waals surface area contributed by atoms with Gasteiger partial charge in [-0.3, -0.25) is 20.3 Å². The lowest BCUT2D eigenvalue weighted by atomic mass is 10.1. The first kappa shape index (κ1) is 13.2. The fourth-order valence-electron chi connectivity index (χ4n) is 1.15. The molecule has 0 aromatic heterocycles. The Labute approximate surface area is 102 Å². The first-order chi connectivity index (χ1) is 8.56. The van der Waals surface area contributed by atoms with Crippen molar-refractivity contribution in [1.29, 1.82) is 5.26 Å². The number of nitro groups is 1. The van der Waals surface area contributed by atoms with Crippen LogP contribution < -0.4 is 5.43 Å². The van der Waals surface area contributed by atoms with Crippen molar-refractivity contribution in [3.05, 3.63) is 33.9 Å². The third kappa shape index (κ3) is 3.34. The van der Waals surface area contributed by atoms with Crippen LogP contribution in [0.15, 0.2) is 28.5 Å². The number of nitrogens with one attached hydrogen (secondary N) is 1. The second-order valence-electron chi connectivity index (χ2n) is 3.21. The maximum absolute atomic E-state index is 11.1. The molecule has 0 aliphatic carbocycles. The van der Waals surface area contributed by atoms with E-state index in [1.165, 1.54) is 19.1 Å². The molecule has 0 atom stereocenters. The molecule has 0 aliphatic heterocycles. The molecule has 0 saturated heterocycles. The number of hydrogen-bond donors (Lipinski definition) is 1. The minimum atomic E-state index is -0.630.